The number of aryl methyl sites for hydroxylation is 1. The van der Waals surface area contributed by atoms with Crippen LogP contribution in [-0.2, 0) is 0 Å². The highest BCUT2D eigenvalue weighted by Crippen LogP contribution is 2.18. The van der Waals surface area contributed by atoms with Gasteiger partial charge in [-0.2, -0.15) is 0 Å². The van der Waals surface area contributed by atoms with Gasteiger partial charge in [-0.3, -0.25) is 9.78 Å². The van der Waals surface area contributed by atoms with Gasteiger partial charge in [0.2, 0.25) is 0 Å². The van der Waals surface area contributed by atoms with Gasteiger partial charge in [0.25, 0.3) is 5.91 Å². The van der Waals surface area contributed by atoms with E-state index in [0.717, 1.165) is 10.0 Å². The molecule has 6 heteroatoms. The lowest BCUT2D eigenvalue weighted by Gasteiger charge is -2.08. The lowest BCUT2D eigenvalue weighted by molar-refractivity contribution is 0.0698. The largest absolute Gasteiger partial charge is 0.478 e. The maximum atomic E-state index is 12.1. The molecule has 5 nitrogen and oxygen atoms in total. The summed E-state index contributed by atoms with van der Waals surface area (Å²) >= 11 is 3.32. The number of hydrogen-bond donors (Lipinski definition) is 2. The van der Waals surface area contributed by atoms with Crippen LogP contribution in [0.15, 0.2) is 41.1 Å². The fourth-order valence-corrected chi connectivity index (χ4v) is 2.35. The maximum Gasteiger partial charge on any atom is 0.337 e. The SMILES string of the molecule is Cc1cc(Br)cc(C(=O)Nc2cnccc2C(=O)O)c1. The predicted octanol–water partition coefficient (Wildman–Crippen LogP) is 3.10. The minimum absolute atomic E-state index is 0.0000637. The molecule has 2 N–H and O–H groups in total. The summed E-state index contributed by atoms with van der Waals surface area (Å²) in [7, 11) is 0. The summed E-state index contributed by atoms with van der Waals surface area (Å²) in [6.07, 6.45) is 2.68. The average molecular weight is 335 g/mol. The number of pyridine rings is 1. The van der Waals surface area contributed by atoms with Gasteiger partial charge in [-0.25, -0.2) is 4.79 Å². The number of carboxylic acid groups (broad SMARTS) is 1. The average Bonchev–Trinajstić information content (AvgIpc) is 2.37. The number of aromatic carboxylic acids is 1. The van der Waals surface area contributed by atoms with E-state index in [-0.39, 0.29) is 17.2 Å². The number of amides is 1. The zero-order valence-corrected chi connectivity index (χ0v) is 12.1. The van der Waals surface area contributed by atoms with Crippen molar-refractivity contribution in [3.63, 3.8) is 0 Å². The molecule has 2 aromatic rings. The van der Waals surface area contributed by atoms with Gasteiger partial charge in [0.1, 0.15) is 0 Å². The summed E-state index contributed by atoms with van der Waals surface area (Å²) in [6.45, 7) is 1.87. The van der Waals surface area contributed by atoms with Crippen LogP contribution < -0.4 is 5.32 Å². The van der Waals surface area contributed by atoms with Crippen LogP contribution in [0.4, 0.5) is 5.69 Å². The minimum atomic E-state index is -1.12. The predicted molar refractivity (Wildman–Crippen MR) is 78.0 cm³/mol. The first kappa shape index (κ1) is 14.2. The molecule has 0 aliphatic rings. The molecule has 2 rings (SSSR count). The third-order valence-corrected chi connectivity index (χ3v) is 3.06. The molecule has 1 amide bonds. The van der Waals surface area contributed by atoms with Crippen molar-refractivity contribution in [1.82, 2.24) is 4.98 Å². The molecule has 0 aliphatic heterocycles. The Bertz CT molecular complexity index is 666. The van der Waals surface area contributed by atoms with Crippen molar-refractivity contribution in [2.45, 2.75) is 6.92 Å². The van der Waals surface area contributed by atoms with Gasteiger partial charge in [-0.15, -0.1) is 0 Å². The van der Waals surface area contributed by atoms with Crippen LogP contribution in [0.5, 0.6) is 0 Å². The summed E-state index contributed by atoms with van der Waals surface area (Å²) in [4.78, 5) is 27.0. The highest BCUT2D eigenvalue weighted by molar-refractivity contribution is 9.10. The zero-order chi connectivity index (χ0) is 14.7. The fourth-order valence-electron chi connectivity index (χ4n) is 1.74. The molecule has 0 saturated heterocycles. The van der Waals surface area contributed by atoms with Gasteiger partial charge < -0.3 is 10.4 Å². The van der Waals surface area contributed by atoms with E-state index in [1.54, 1.807) is 12.1 Å². The molecule has 102 valence electrons. The topological polar surface area (TPSA) is 79.3 Å². The number of carboxylic acids is 1. The van der Waals surface area contributed by atoms with E-state index >= 15 is 0 Å². The first-order chi connectivity index (χ1) is 9.47. The van der Waals surface area contributed by atoms with Crippen molar-refractivity contribution in [3.05, 3.63) is 57.8 Å². The Balaban J connectivity index is 2.30. The van der Waals surface area contributed by atoms with E-state index in [0.29, 0.717) is 5.56 Å². The van der Waals surface area contributed by atoms with Gasteiger partial charge >= 0.3 is 5.97 Å². The molecular weight excluding hydrogens is 324 g/mol. The number of nitrogens with one attached hydrogen (secondary N) is 1. The van der Waals surface area contributed by atoms with Gasteiger partial charge in [-0.1, -0.05) is 15.9 Å². The summed E-state index contributed by atoms with van der Waals surface area (Å²) in [5.41, 5.74) is 1.54. The monoisotopic (exact) mass is 334 g/mol. The molecule has 0 saturated carbocycles. The van der Waals surface area contributed by atoms with Gasteiger partial charge in [-0.05, 0) is 36.8 Å². The minimum Gasteiger partial charge on any atom is -0.478 e. The Hall–Kier alpha value is -2.21. The van der Waals surface area contributed by atoms with Crippen molar-refractivity contribution in [2.24, 2.45) is 0 Å². The third-order valence-electron chi connectivity index (χ3n) is 2.60. The molecule has 0 atom stereocenters. The second-order valence-electron chi connectivity index (χ2n) is 4.20. The molecule has 1 aromatic carbocycles. The summed E-state index contributed by atoms with van der Waals surface area (Å²) in [6, 6.07) is 6.60. The van der Waals surface area contributed by atoms with E-state index in [4.69, 9.17) is 5.11 Å². The van der Waals surface area contributed by atoms with Gasteiger partial charge in [0, 0.05) is 16.2 Å². The second-order valence-corrected chi connectivity index (χ2v) is 5.11. The number of nitrogens with zero attached hydrogens (tertiary/aromatic N) is 1. The van der Waals surface area contributed by atoms with Gasteiger partial charge in [0.05, 0.1) is 17.4 Å². The lowest BCUT2D eigenvalue weighted by atomic mass is 10.1. The molecule has 1 heterocycles. The highest BCUT2D eigenvalue weighted by Gasteiger charge is 2.14. The Labute approximate surface area is 123 Å². The molecule has 0 radical (unpaired) electrons. The first-order valence-corrected chi connectivity index (χ1v) is 6.52. The van der Waals surface area contributed by atoms with E-state index in [1.807, 2.05) is 13.0 Å². The van der Waals surface area contributed by atoms with Crippen molar-refractivity contribution in [3.8, 4) is 0 Å². The van der Waals surface area contributed by atoms with E-state index in [2.05, 4.69) is 26.2 Å². The van der Waals surface area contributed by atoms with E-state index in [1.165, 1.54) is 18.5 Å². The number of anilines is 1. The Morgan fingerprint density at radius 2 is 2.05 bits per heavy atom. The molecule has 0 unspecified atom stereocenters. The number of aromatic nitrogens is 1. The van der Waals surface area contributed by atoms with E-state index < -0.39 is 5.97 Å². The number of benzene rings is 1. The van der Waals surface area contributed by atoms with Crippen molar-refractivity contribution >= 4 is 33.5 Å². The second kappa shape index (κ2) is 5.83. The van der Waals surface area contributed by atoms with Crippen molar-refractivity contribution < 1.29 is 14.7 Å². The number of carbonyl (C=O) groups is 2. The van der Waals surface area contributed by atoms with Crippen LogP contribution in [0, 0.1) is 6.92 Å². The molecule has 0 spiro atoms. The molecule has 0 fully saturated rings. The van der Waals surface area contributed by atoms with Crippen LogP contribution in [0.1, 0.15) is 26.3 Å². The van der Waals surface area contributed by atoms with Crippen LogP contribution in [0.2, 0.25) is 0 Å². The Morgan fingerprint density at radius 3 is 2.70 bits per heavy atom. The van der Waals surface area contributed by atoms with E-state index in [9.17, 15) is 9.59 Å². The molecule has 1 aromatic heterocycles. The van der Waals surface area contributed by atoms with Crippen LogP contribution in [0.3, 0.4) is 0 Å². The molecular formula is C14H11BrN2O3. The van der Waals surface area contributed by atoms with Crippen LogP contribution >= 0.6 is 15.9 Å². The highest BCUT2D eigenvalue weighted by atomic mass is 79.9. The third kappa shape index (κ3) is 3.21. The molecule has 0 aliphatic carbocycles. The summed E-state index contributed by atoms with van der Waals surface area (Å²) in [5, 5.41) is 11.6. The summed E-state index contributed by atoms with van der Waals surface area (Å²) < 4.78 is 0.785. The first-order valence-electron chi connectivity index (χ1n) is 5.73. The lowest BCUT2D eigenvalue weighted by Crippen LogP contribution is -2.15. The van der Waals surface area contributed by atoms with Crippen molar-refractivity contribution in [2.75, 3.05) is 5.32 Å². The summed E-state index contributed by atoms with van der Waals surface area (Å²) in [5.74, 6) is -1.50. The standard InChI is InChI=1S/C14H11BrN2O3/c1-8-4-9(6-10(15)5-8)13(18)17-12-7-16-3-2-11(12)14(19)20/h2-7H,1H3,(H,17,18)(H,19,20). The maximum absolute atomic E-state index is 12.1. The van der Waals surface area contributed by atoms with Gasteiger partial charge in [0.15, 0.2) is 0 Å². The Kier molecular flexibility index (Phi) is 4.14. The Morgan fingerprint density at radius 1 is 1.30 bits per heavy atom. The normalized spacial score (nSPS) is 10.1. The smallest absolute Gasteiger partial charge is 0.337 e. The zero-order valence-electron chi connectivity index (χ0n) is 10.6. The van der Waals surface area contributed by atoms with Crippen molar-refractivity contribution in [1.29, 1.82) is 0 Å². The van der Waals surface area contributed by atoms with Crippen LogP contribution in [-0.4, -0.2) is 22.0 Å². The van der Waals surface area contributed by atoms with Crippen LogP contribution in [0.25, 0.3) is 0 Å². The number of halogens is 1. The quantitative estimate of drug-likeness (QED) is 0.903. The number of rotatable bonds is 3. The molecule has 20 heavy (non-hydrogen) atoms. The number of carbonyl (C=O) groups excluding carboxylic acids is 1. The number of hydrogen-bond acceptors (Lipinski definition) is 3. The molecule has 0 bridgehead atoms. The fraction of sp³-hybridized carbons (Fsp3) is 0.0714.